The van der Waals surface area contributed by atoms with Gasteiger partial charge in [0.2, 0.25) is 5.91 Å². The number of nitrogens with zero attached hydrogens (tertiary/aromatic N) is 1. The molecule has 1 fully saturated rings. The van der Waals surface area contributed by atoms with E-state index in [1.165, 1.54) is 11.1 Å². The number of carbonyl (C=O) groups excluding carboxylic acids is 1. The number of piperidine rings is 1. The van der Waals surface area contributed by atoms with Gasteiger partial charge in [0.05, 0.1) is 12.7 Å². The molecule has 0 saturated carbocycles. The van der Waals surface area contributed by atoms with Crippen molar-refractivity contribution in [3.05, 3.63) is 35.1 Å². The number of furan rings is 1. The summed E-state index contributed by atoms with van der Waals surface area (Å²) in [5.41, 5.74) is 4.34. The first-order chi connectivity index (χ1) is 11.6. The zero-order chi connectivity index (χ0) is 17.1. The van der Waals surface area contributed by atoms with E-state index in [0.717, 1.165) is 55.6 Å². The number of halogens is 1. The van der Waals surface area contributed by atoms with Crippen molar-refractivity contribution in [2.24, 2.45) is 5.92 Å². The highest BCUT2D eigenvalue weighted by Crippen LogP contribution is 2.26. The van der Waals surface area contributed by atoms with Crippen molar-refractivity contribution in [2.45, 2.75) is 40.0 Å². The second-order valence-electron chi connectivity index (χ2n) is 7.00. The lowest BCUT2D eigenvalue weighted by molar-refractivity contribution is -0.131. The molecule has 1 amide bonds. The maximum atomic E-state index is 12.7. The van der Waals surface area contributed by atoms with Crippen LogP contribution in [-0.2, 0) is 11.2 Å². The summed E-state index contributed by atoms with van der Waals surface area (Å²) in [4.78, 5) is 14.7. The van der Waals surface area contributed by atoms with Crippen LogP contribution in [0.4, 0.5) is 0 Å². The van der Waals surface area contributed by atoms with Crippen LogP contribution >= 0.6 is 12.4 Å². The minimum absolute atomic E-state index is 0. The summed E-state index contributed by atoms with van der Waals surface area (Å²) in [5, 5.41) is 4.49. The normalized spacial score (nSPS) is 15.4. The van der Waals surface area contributed by atoms with Crippen LogP contribution in [-0.4, -0.2) is 37.0 Å². The quantitative estimate of drug-likeness (QED) is 0.876. The number of aryl methyl sites for hydroxylation is 2. The number of fused-ring (bicyclic) bond motifs is 1. The van der Waals surface area contributed by atoms with Crippen LogP contribution in [0.25, 0.3) is 11.0 Å². The van der Waals surface area contributed by atoms with Crippen molar-refractivity contribution in [1.82, 2.24) is 10.2 Å². The van der Waals surface area contributed by atoms with Gasteiger partial charge in [0.1, 0.15) is 5.58 Å². The molecule has 2 heterocycles. The molecule has 0 radical (unpaired) electrons. The molecule has 4 nitrogen and oxygen atoms in total. The van der Waals surface area contributed by atoms with Crippen LogP contribution in [0.1, 0.15) is 36.5 Å². The van der Waals surface area contributed by atoms with Gasteiger partial charge >= 0.3 is 0 Å². The lowest BCUT2D eigenvalue weighted by Crippen LogP contribution is -2.41. The Morgan fingerprint density at radius 3 is 2.60 bits per heavy atom. The molecule has 2 aromatic rings. The van der Waals surface area contributed by atoms with Crippen LogP contribution in [0.15, 0.2) is 22.8 Å². The molecule has 1 saturated heterocycles. The summed E-state index contributed by atoms with van der Waals surface area (Å²) >= 11 is 0. The van der Waals surface area contributed by atoms with Gasteiger partial charge in [-0.1, -0.05) is 6.92 Å². The minimum Gasteiger partial charge on any atom is -0.464 e. The largest absolute Gasteiger partial charge is 0.464 e. The minimum atomic E-state index is 0. The van der Waals surface area contributed by atoms with Crippen LogP contribution in [0.5, 0.6) is 0 Å². The van der Waals surface area contributed by atoms with E-state index in [9.17, 15) is 4.79 Å². The number of rotatable bonds is 5. The monoisotopic (exact) mass is 364 g/mol. The Morgan fingerprint density at radius 1 is 1.24 bits per heavy atom. The highest BCUT2D eigenvalue weighted by atomic mass is 35.5. The molecule has 5 heteroatoms. The Balaban J connectivity index is 0.00000225. The predicted molar refractivity (Wildman–Crippen MR) is 104 cm³/mol. The van der Waals surface area contributed by atoms with Crippen LogP contribution in [0.3, 0.4) is 0 Å². The molecule has 0 aliphatic carbocycles. The van der Waals surface area contributed by atoms with E-state index in [1.807, 2.05) is 4.90 Å². The Bertz CT molecular complexity index is 718. The zero-order valence-electron chi connectivity index (χ0n) is 15.4. The maximum absolute atomic E-state index is 12.7. The molecule has 138 valence electrons. The SMILES string of the molecule is CCNCC1CCN(C(=O)Cc2coc3cc(C)c(C)cc23)CC1.Cl. The van der Waals surface area contributed by atoms with Gasteiger partial charge in [0, 0.05) is 24.0 Å². The van der Waals surface area contributed by atoms with Gasteiger partial charge in [0.15, 0.2) is 0 Å². The van der Waals surface area contributed by atoms with Gasteiger partial charge in [0.25, 0.3) is 0 Å². The van der Waals surface area contributed by atoms with Gasteiger partial charge in [-0.2, -0.15) is 0 Å². The van der Waals surface area contributed by atoms with Crippen molar-refractivity contribution < 1.29 is 9.21 Å². The molecular formula is C20H29ClN2O2. The number of hydrogen-bond donors (Lipinski definition) is 1. The smallest absolute Gasteiger partial charge is 0.227 e. The van der Waals surface area contributed by atoms with Crippen molar-refractivity contribution in [2.75, 3.05) is 26.2 Å². The first-order valence-electron chi connectivity index (χ1n) is 9.04. The molecule has 1 aliphatic rings. The third-order valence-corrected chi connectivity index (χ3v) is 5.26. The van der Waals surface area contributed by atoms with Gasteiger partial charge in [-0.15, -0.1) is 12.4 Å². The molecular weight excluding hydrogens is 336 g/mol. The van der Waals surface area contributed by atoms with Gasteiger partial charge in [-0.25, -0.2) is 0 Å². The van der Waals surface area contributed by atoms with Gasteiger partial charge < -0.3 is 14.6 Å². The number of hydrogen-bond acceptors (Lipinski definition) is 3. The fourth-order valence-corrected chi connectivity index (χ4v) is 3.48. The average molecular weight is 365 g/mol. The molecule has 1 aromatic heterocycles. The molecule has 0 bridgehead atoms. The fraction of sp³-hybridized carbons (Fsp3) is 0.550. The topological polar surface area (TPSA) is 45.5 Å². The van der Waals surface area contributed by atoms with Crippen molar-refractivity contribution in [3.63, 3.8) is 0 Å². The summed E-state index contributed by atoms with van der Waals surface area (Å²) < 4.78 is 5.66. The van der Waals surface area contributed by atoms with Gasteiger partial charge in [-0.05, 0) is 69.0 Å². The molecule has 25 heavy (non-hydrogen) atoms. The second-order valence-corrected chi connectivity index (χ2v) is 7.00. The number of amides is 1. The molecule has 0 unspecified atom stereocenters. The number of likely N-dealkylation sites (tertiary alicyclic amines) is 1. The summed E-state index contributed by atoms with van der Waals surface area (Å²) in [5.74, 6) is 0.923. The second kappa shape index (κ2) is 8.72. The summed E-state index contributed by atoms with van der Waals surface area (Å²) in [7, 11) is 0. The fourth-order valence-electron chi connectivity index (χ4n) is 3.48. The third-order valence-electron chi connectivity index (χ3n) is 5.26. The van der Waals surface area contributed by atoms with Crippen molar-refractivity contribution in [3.8, 4) is 0 Å². The van der Waals surface area contributed by atoms with Crippen LogP contribution < -0.4 is 5.32 Å². The van der Waals surface area contributed by atoms with E-state index in [4.69, 9.17) is 4.42 Å². The lowest BCUT2D eigenvalue weighted by Gasteiger charge is -2.32. The number of nitrogens with one attached hydrogen (secondary N) is 1. The van der Waals surface area contributed by atoms with E-state index in [2.05, 4.69) is 38.2 Å². The Hall–Kier alpha value is -1.52. The number of benzene rings is 1. The maximum Gasteiger partial charge on any atom is 0.227 e. The van der Waals surface area contributed by atoms with E-state index >= 15 is 0 Å². The molecule has 1 aromatic carbocycles. The van der Waals surface area contributed by atoms with Crippen molar-refractivity contribution in [1.29, 1.82) is 0 Å². The summed E-state index contributed by atoms with van der Waals surface area (Å²) in [6.45, 7) is 10.2. The predicted octanol–water partition coefficient (Wildman–Crippen LogP) is 3.86. The van der Waals surface area contributed by atoms with E-state index in [-0.39, 0.29) is 18.3 Å². The molecule has 0 spiro atoms. The van der Waals surface area contributed by atoms with Crippen molar-refractivity contribution >= 4 is 29.3 Å². The highest BCUT2D eigenvalue weighted by molar-refractivity contribution is 5.88. The summed E-state index contributed by atoms with van der Waals surface area (Å²) in [6.07, 6.45) is 4.39. The van der Waals surface area contributed by atoms with Crippen LogP contribution in [0.2, 0.25) is 0 Å². The first kappa shape index (κ1) is 19.8. The third kappa shape index (κ3) is 4.56. The molecule has 3 rings (SSSR count). The van der Waals surface area contributed by atoms with E-state index < -0.39 is 0 Å². The first-order valence-corrected chi connectivity index (χ1v) is 9.04. The Kier molecular flexibility index (Phi) is 6.91. The van der Waals surface area contributed by atoms with E-state index in [1.54, 1.807) is 6.26 Å². The summed E-state index contributed by atoms with van der Waals surface area (Å²) in [6, 6.07) is 4.20. The Labute approximate surface area is 156 Å². The molecule has 1 aliphatic heterocycles. The highest BCUT2D eigenvalue weighted by Gasteiger charge is 2.23. The number of carbonyl (C=O) groups is 1. The van der Waals surface area contributed by atoms with Crippen LogP contribution in [0, 0.1) is 19.8 Å². The standard InChI is InChI=1S/C20H28N2O2.ClH/c1-4-21-12-16-5-7-22(8-6-16)20(23)11-17-13-24-19-10-15(3)14(2)9-18(17)19;/h9-10,13,16,21H,4-8,11-12H2,1-3H3;1H. The molecule has 1 N–H and O–H groups in total. The average Bonchev–Trinajstić information content (AvgIpc) is 2.95. The lowest BCUT2D eigenvalue weighted by atomic mass is 9.96. The van der Waals surface area contributed by atoms with Gasteiger partial charge in [-0.3, -0.25) is 4.79 Å². The zero-order valence-corrected chi connectivity index (χ0v) is 16.2. The van der Waals surface area contributed by atoms with E-state index in [0.29, 0.717) is 12.3 Å². The Morgan fingerprint density at radius 2 is 1.92 bits per heavy atom. The molecule has 0 atom stereocenters.